The maximum atomic E-state index is 10.9. The van der Waals surface area contributed by atoms with Crippen LogP contribution in [0.2, 0.25) is 0 Å². The SMILES string of the molecule is C=CCOCC(=O)[C@@H](O)[C@@H](O)CO. The van der Waals surface area contributed by atoms with Crippen molar-refractivity contribution in [2.24, 2.45) is 0 Å². The van der Waals surface area contributed by atoms with E-state index in [-0.39, 0.29) is 13.2 Å². The molecular formula is C8H14O5. The number of ketones is 1. The lowest BCUT2D eigenvalue weighted by Gasteiger charge is -2.13. The second-order valence-corrected chi connectivity index (χ2v) is 2.46. The van der Waals surface area contributed by atoms with Gasteiger partial charge >= 0.3 is 0 Å². The van der Waals surface area contributed by atoms with Crippen molar-refractivity contribution >= 4 is 5.78 Å². The summed E-state index contributed by atoms with van der Waals surface area (Å²) >= 11 is 0. The molecule has 5 nitrogen and oxygen atoms in total. The van der Waals surface area contributed by atoms with E-state index in [0.29, 0.717) is 0 Å². The van der Waals surface area contributed by atoms with E-state index in [2.05, 4.69) is 6.58 Å². The van der Waals surface area contributed by atoms with E-state index in [9.17, 15) is 4.79 Å². The molecule has 0 radical (unpaired) electrons. The fraction of sp³-hybridized carbons (Fsp3) is 0.625. The summed E-state index contributed by atoms with van der Waals surface area (Å²) in [7, 11) is 0. The molecule has 0 aromatic rings. The third-order valence-electron chi connectivity index (χ3n) is 1.36. The normalized spacial score (nSPS) is 15.0. The lowest BCUT2D eigenvalue weighted by Crippen LogP contribution is -2.38. The van der Waals surface area contributed by atoms with Crippen LogP contribution >= 0.6 is 0 Å². The highest BCUT2D eigenvalue weighted by molar-refractivity contribution is 5.84. The lowest BCUT2D eigenvalue weighted by molar-refractivity contribution is -0.138. The second kappa shape index (κ2) is 6.73. The van der Waals surface area contributed by atoms with Crippen LogP contribution in [0.25, 0.3) is 0 Å². The van der Waals surface area contributed by atoms with Gasteiger partial charge in [-0.1, -0.05) is 6.08 Å². The zero-order valence-corrected chi connectivity index (χ0v) is 7.22. The minimum Gasteiger partial charge on any atom is -0.394 e. The zero-order chi connectivity index (χ0) is 10.3. The van der Waals surface area contributed by atoms with Crippen LogP contribution in [0.1, 0.15) is 0 Å². The van der Waals surface area contributed by atoms with Gasteiger partial charge in [-0.05, 0) is 0 Å². The first-order chi connectivity index (χ1) is 6.13. The number of Topliss-reactive ketones (excluding diaryl/α,β-unsaturated/α-hetero) is 1. The van der Waals surface area contributed by atoms with Gasteiger partial charge < -0.3 is 20.1 Å². The van der Waals surface area contributed by atoms with Gasteiger partial charge in [-0.25, -0.2) is 0 Å². The van der Waals surface area contributed by atoms with E-state index in [4.69, 9.17) is 20.1 Å². The topological polar surface area (TPSA) is 87.0 Å². The van der Waals surface area contributed by atoms with Gasteiger partial charge in [0.05, 0.1) is 13.2 Å². The van der Waals surface area contributed by atoms with E-state index < -0.39 is 24.6 Å². The molecule has 2 atom stereocenters. The Morgan fingerprint density at radius 2 is 2.15 bits per heavy atom. The summed E-state index contributed by atoms with van der Waals surface area (Å²) < 4.78 is 4.74. The lowest BCUT2D eigenvalue weighted by atomic mass is 10.1. The van der Waals surface area contributed by atoms with Crippen LogP contribution in [0.5, 0.6) is 0 Å². The molecule has 0 fully saturated rings. The first-order valence-corrected chi connectivity index (χ1v) is 3.81. The van der Waals surface area contributed by atoms with Gasteiger partial charge in [-0.15, -0.1) is 6.58 Å². The van der Waals surface area contributed by atoms with Crippen LogP contribution in [0.4, 0.5) is 0 Å². The minimum absolute atomic E-state index is 0.202. The number of carbonyl (C=O) groups is 1. The number of ether oxygens (including phenoxy) is 1. The van der Waals surface area contributed by atoms with Gasteiger partial charge in [0.25, 0.3) is 0 Å². The molecular weight excluding hydrogens is 176 g/mol. The smallest absolute Gasteiger partial charge is 0.189 e. The molecule has 0 unspecified atom stereocenters. The molecule has 0 saturated heterocycles. The van der Waals surface area contributed by atoms with Gasteiger partial charge in [0.15, 0.2) is 5.78 Å². The van der Waals surface area contributed by atoms with Crippen LogP contribution in [0, 0.1) is 0 Å². The number of aliphatic hydroxyl groups is 3. The Bertz CT molecular complexity index is 168. The summed E-state index contributed by atoms with van der Waals surface area (Å²) in [6.45, 7) is 2.61. The molecule has 0 saturated carbocycles. The molecule has 0 aliphatic carbocycles. The summed E-state index contributed by atoms with van der Waals surface area (Å²) in [6, 6.07) is 0. The maximum absolute atomic E-state index is 10.9. The largest absolute Gasteiger partial charge is 0.394 e. The van der Waals surface area contributed by atoms with Gasteiger partial charge in [-0.3, -0.25) is 4.79 Å². The fourth-order valence-electron chi connectivity index (χ4n) is 0.643. The van der Waals surface area contributed by atoms with Crippen molar-refractivity contribution in [1.29, 1.82) is 0 Å². The quantitative estimate of drug-likeness (QED) is 0.335. The molecule has 0 bridgehead atoms. The zero-order valence-electron chi connectivity index (χ0n) is 7.22. The molecule has 0 aromatic heterocycles. The molecule has 0 aliphatic rings. The highest BCUT2D eigenvalue weighted by Crippen LogP contribution is 1.95. The van der Waals surface area contributed by atoms with Crippen LogP contribution in [-0.2, 0) is 9.53 Å². The first kappa shape index (κ1) is 12.2. The molecule has 3 N–H and O–H groups in total. The fourth-order valence-corrected chi connectivity index (χ4v) is 0.643. The van der Waals surface area contributed by atoms with Crippen molar-refractivity contribution in [2.75, 3.05) is 19.8 Å². The molecule has 0 aliphatic heterocycles. The van der Waals surface area contributed by atoms with Crippen LogP contribution in [0.3, 0.4) is 0 Å². The number of rotatable bonds is 7. The predicted molar refractivity (Wildman–Crippen MR) is 45.1 cm³/mol. The molecule has 5 heteroatoms. The number of hydrogen-bond acceptors (Lipinski definition) is 5. The van der Waals surface area contributed by atoms with E-state index in [1.807, 2.05) is 0 Å². The Hall–Kier alpha value is -0.750. The second-order valence-electron chi connectivity index (χ2n) is 2.46. The van der Waals surface area contributed by atoms with Gasteiger partial charge in [0.1, 0.15) is 18.8 Å². The monoisotopic (exact) mass is 190 g/mol. The Balaban J connectivity index is 3.75. The van der Waals surface area contributed by atoms with Gasteiger partial charge in [0, 0.05) is 0 Å². The highest BCUT2D eigenvalue weighted by atomic mass is 16.5. The Morgan fingerprint density at radius 1 is 1.54 bits per heavy atom. The molecule has 13 heavy (non-hydrogen) atoms. The Labute approximate surface area is 76.3 Å². The molecule has 0 amide bonds. The summed E-state index contributed by atoms with van der Waals surface area (Å²) in [4.78, 5) is 10.9. The number of hydrogen-bond donors (Lipinski definition) is 3. The average Bonchev–Trinajstić information content (AvgIpc) is 2.15. The molecule has 0 aromatic carbocycles. The van der Waals surface area contributed by atoms with Crippen molar-refractivity contribution < 1.29 is 24.9 Å². The van der Waals surface area contributed by atoms with Crippen LogP contribution in [0.15, 0.2) is 12.7 Å². The van der Waals surface area contributed by atoms with Crippen molar-refractivity contribution in [2.45, 2.75) is 12.2 Å². The summed E-state index contributed by atoms with van der Waals surface area (Å²) in [6.07, 6.45) is -1.57. The molecule has 0 spiro atoms. The van der Waals surface area contributed by atoms with Crippen LogP contribution < -0.4 is 0 Å². The van der Waals surface area contributed by atoms with Crippen LogP contribution in [-0.4, -0.2) is 53.1 Å². The van der Waals surface area contributed by atoms with E-state index in [0.717, 1.165) is 0 Å². The summed E-state index contributed by atoms with van der Waals surface area (Å²) in [5.74, 6) is -0.664. The maximum Gasteiger partial charge on any atom is 0.189 e. The number of carbonyl (C=O) groups excluding carboxylic acids is 1. The standard InChI is InChI=1S/C8H14O5/c1-2-3-13-5-7(11)8(12)6(10)4-9/h2,6,8-10,12H,1,3-5H2/t6-,8-/m0/s1. The first-order valence-electron chi connectivity index (χ1n) is 3.81. The Morgan fingerprint density at radius 3 is 2.62 bits per heavy atom. The third kappa shape index (κ3) is 4.74. The molecule has 0 heterocycles. The molecule has 76 valence electrons. The summed E-state index contributed by atoms with van der Waals surface area (Å²) in [5, 5.41) is 26.3. The summed E-state index contributed by atoms with van der Waals surface area (Å²) in [5.41, 5.74) is 0. The van der Waals surface area contributed by atoms with Gasteiger partial charge in [0.2, 0.25) is 0 Å². The van der Waals surface area contributed by atoms with E-state index >= 15 is 0 Å². The Kier molecular flexibility index (Phi) is 6.34. The number of aliphatic hydroxyl groups excluding tert-OH is 3. The van der Waals surface area contributed by atoms with Crippen molar-refractivity contribution in [1.82, 2.24) is 0 Å². The minimum atomic E-state index is -1.59. The van der Waals surface area contributed by atoms with E-state index in [1.165, 1.54) is 6.08 Å². The third-order valence-corrected chi connectivity index (χ3v) is 1.36. The highest BCUT2D eigenvalue weighted by Gasteiger charge is 2.22. The molecule has 0 rings (SSSR count). The van der Waals surface area contributed by atoms with Crippen molar-refractivity contribution in [3.8, 4) is 0 Å². The van der Waals surface area contributed by atoms with E-state index in [1.54, 1.807) is 0 Å². The van der Waals surface area contributed by atoms with Gasteiger partial charge in [-0.2, -0.15) is 0 Å². The predicted octanol–water partition coefficient (Wildman–Crippen LogP) is -1.53. The van der Waals surface area contributed by atoms with Crippen molar-refractivity contribution in [3.05, 3.63) is 12.7 Å². The average molecular weight is 190 g/mol. The van der Waals surface area contributed by atoms with Crippen molar-refractivity contribution in [3.63, 3.8) is 0 Å².